The van der Waals surface area contributed by atoms with Crippen LogP contribution in [0.3, 0.4) is 0 Å². The second-order valence-corrected chi connectivity index (χ2v) is 3.64. The van der Waals surface area contributed by atoms with Gasteiger partial charge in [-0.25, -0.2) is 4.98 Å². The first-order chi connectivity index (χ1) is 6.70. The third-order valence-electron chi connectivity index (χ3n) is 2.69. The predicted molar refractivity (Wildman–Crippen MR) is 60.2 cm³/mol. The lowest BCUT2D eigenvalue weighted by Crippen LogP contribution is -2.45. The number of rotatable bonds is 5. The normalized spacial score (nSPS) is 11.4. The molecular weight excluding hydrogens is 174 g/mol. The van der Waals surface area contributed by atoms with E-state index >= 15 is 0 Å². The summed E-state index contributed by atoms with van der Waals surface area (Å²) < 4.78 is 0. The molecule has 0 unspecified atom stereocenters. The summed E-state index contributed by atoms with van der Waals surface area (Å²) in [5.41, 5.74) is 6.04. The van der Waals surface area contributed by atoms with Crippen molar-refractivity contribution in [1.82, 2.24) is 4.98 Å². The van der Waals surface area contributed by atoms with Crippen molar-refractivity contribution in [1.29, 1.82) is 0 Å². The molecule has 0 fully saturated rings. The van der Waals surface area contributed by atoms with Gasteiger partial charge in [-0.15, -0.1) is 0 Å². The van der Waals surface area contributed by atoms with E-state index in [1.807, 2.05) is 18.2 Å². The van der Waals surface area contributed by atoms with Gasteiger partial charge in [-0.2, -0.15) is 0 Å². The molecule has 0 amide bonds. The standard InChI is InChI=1S/C11H19N3/c1-3-11(12,4-2)9-14-10-7-5-6-8-13-10/h5-8H,3-4,9,12H2,1-2H3,(H,13,14). The Bertz CT molecular complexity index is 254. The van der Waals surface area contributed by atoms with Crippen molar-refractivity contribution in [2.75, 3.05) is 11.9 Å². The van der Waals surface area contributed by atoms with Crippen LogP contribution in [-0.2, 0) is 0 Å². The van der Waals surface area contributed by atoms with Crippen molar-refractivity contribution in [2.24, 2.45) is 5.73 Å². The summed E-state index contributed by atoms with van der Waals surface area (Å²) in [7, 11) is 0. The van der Waals surface area contributed by atoms with Crippen LogP contribution in [0.1, 0.15) is 26.7 Å². The predicted octanol–water partition coefficient (Wildman–Crippen LogP) is 2.01. The zero-order chi connectivity index (χ0) is 10.4. The van der Waals surface area contributed by atoms with Crippen molar-refractivity contribution in [3.05, 3.63) is 24.4 Å². The lowest BCUT2D eigenvalue weighted by Gasteiger charge is -2.27. The average molecular weight is 193 g/mol. The van der Waals surface area contributed by atoms with E-state index in [-0.39, 0.29) is 5.54 Å². The molecule has 3 nitrogen and oxygen atoms in total. The van der Waals surface area contributed by atoms with Crippen molar-refractivity contribution in [2.45, 2.75) is 32.2 Å². The van der Waals surface area contributed by atoms with Crippen LogP contribution in [-0.4, -0.2) is 17.1 Å². The van der Waals surface area contributed by atoms with Gasteiger partial charge in [-0.1, -0.05) is 19.9 Å². The highest BCUT2D eigenvalue weighted by atomic mass is 15.0. The summed E-state index contributed by atoms with van der Waals surface area (Å²) in [6.45, 7) is 5.00. The molecule has 0 radical (unpaired) electrons. The molecule has 3 heteroatoms. The number of nitrogens with two attached hydrogens (primary N) is 1. The van der Waals surface area contributed by atoms with Crippen molar-refractivity contribution >= 4 is 5.82 Å². The Hall–Kier alpha value is -1.09. The third kappa shape index (κ3) is 3.00. The number of anilines is 1. The van der Waals surface area contributed by atoms with E-state index in [9.17, 15) is 0 Å². The molecule has 0 aromatic carbocycles. The first-order valence-corrected chi connectivity index (χ1v) is 5.14. The van der Waals surface area contributed by atoms with E-state index in [1.165, 1.54) is 0 Å². The van der Waals surface area contributed by atoms with Crippen LogP contribution in [0.4, 0.5) is 5.82 Å². The molecule has 0 aliphatic carbocycles. The topological polar surface area (TPSA) is 50.9 Å². The van der Waals surface area contributed by atoms with Gasteiger partial charge < -0.3 is 11.1 Å². The Morgan fingerprint density at radius 2 is 2.07 bits per heavy atom. The molecule has 14 heavy (non-hydrogen) atoms. The fourth-order valence-corrected chi connectivity index (χ4v) is 1.23. The van der Waals surface area contributed by atoms with Crippen LogP contribution in [0, 0.1) is 0 Å². The average Bonchev–Trinajstić information content (AvgIpc) is 2.27. The molecule has 0 aliphatic rings. The summed E-state index contributed by atoms with van der Waals surface area (Å²) in [6.07, 6.45) is 3.73. The maximum Gasteiger partial charge on any atom is 0.125 e. The van der Waals surface area contributed by atoms with Gasteiger partial charge in [0.25, 0.3) is 0 Å². The Balaban J connectivity index is 2.48. The highest BCUT2D eigenvalue weighted by molar-refractivity contribution is 5.33. The summed E-state index contributed by atoms with van der Waals surface area (Å²) >= 11 is 0. The number of pyridine rings is 1. The smallest absolute Gasteiger partial charge is 0.125 e. The van der Waals surface area contributed by atoms with Gasteiger partial charge >= 0.3 is 0 Å². The first-order valence-electron chi connectivity index (χ1n) is 5.14. The zero-order valence-electron chi connectivity index (χ0n) is 8.96. The lowest BCUT2D eigenvalue weighted by atomic mass is 9.94. The number of hydrogen-bond acceptors (Lipinski definition) is 3. The fourth-order valence-electron chi connectivity index (χ4n) is 1.23. The van der Waals surface area contributed by atoms with E-state index in [0.717, 1.165) is 25.2 Å². The van der Waals surface area contributed by atoms with Crippen LogP contribution in [0.25, 0.3) is 0 Å². The quantitative estimate of drug-likeness (QED) is 0.752. The summed E-state index contributed by atoms with van der Waals surface area (Å²) in [5.74, 6) is 0.893. The lowest BCUT2D eigenvalue weighted by molar-refractivity contribution is 0.418. The van der Waals surface area contributed by atoms with Crippen LogP contribution in [0.15, 0.2) is 24.4 Å². The molecule has 78 valence electrons. The van der Waals surface area contributed by atoms with Crippen molar-refractivity contribution in [3.8, 4) is 0 Å². The second-order valence-electron chi connectivity index (χ2n) is 3.64. The largest absolute Gasteiger partial charge is 0.368 e. The molecule has 0 saturated carbocycles. The van der Waals surface area contributed by atoms with E-state index < -0.39 is 0 Å². The monoisotopic (exact) mass is 193 g/mol. The Labute approximate surface area is 85.7 Å². The summed E-state index contributed by atoms with van der Waals surface area (Å²) in [5, 5.41) is 3.25. The van der Waals surface area contributed by atoms with Gasteiger partial charge in [0.2, 0.25) is 0 Å². The minimum atomic E-state index is -0.114. The van der Waals surface area contributed by atoms with Crippen LogP contribution in [0.2, 0.25) is 0 Å². The van der Waals surface area contributed by atoms with Gasteiger partial charge in [0.15, 0.2) is 0 Å². The van der Waals surface area contributed by atoms with Crippen molar-refractivity contribution < 1.29 is 0 Å². The summed E-state index contributed by atoms with van der Waals surface area (Å²) in [6, 6.07) is 5.82. The second kappa shape index (κ2) is 4.96. The maximum atomic E-state index is 6.15. The Morgan fingerprint density at radius 3 is 2.57 bits per heavy atom. The molecule has 0 atom stereocenters. The van der Waals surface area contributed by atoms with Gasteiger partial charge in [0.05, 0.1) is 0 Å². The molecule has 1 aromatic heterocycles. The van der Waals surface area contributed by atoms with Gasteiger partial charge in [-0.05, 0) is 25.0 Å². The molecule has 1 rings (SSSR count). The minimum Gasteiger partial charge on any atom is -0.368 e. The van der Waals surface area contributed by atoms with Crippen LogP contribution >= 0.6 is 0 Å². The van der Waals surface area contributed by atoms with E-state index in [2.05, 4.69) is 24.1 Å². The highest BCUT2D eigenvalue weighted by Crippen LogP contribution is 2.12. The molecule has 1 heterocycles. The summed E-state index contributed by atoms with van der Waals surface area (Å²) in [4.78, 5) is 4.18. The highest BCUT2D eigenvalue weighted by Gasteiger charge is 2.19. The molecule has 0 spiro atoms. The van der Waals surface area contributed by atoms with Crippen LogP contribution < -0.4 is 11.1 Å². The molecule has 3 N–H and O–H groups in total. The number of nitrogens with one attached hydrogen (secondary N) is 1. The maximum absolute atomic E-state index is 6.15. The Kier molecular flexibility index (Phi) is 3.89. The minimum absolute atomic E-state index is 0.114. The molecule has 1 aromatic rings. The SMILES string of the molecule is CCC(N)(CC)CNc1ccccn1. The van der Waals surface area contributed by atoms with E-state index in [1.54, 1.807) is 6.20 Å². The number of hydrogen-bond donors (Lipinski definition) is 2. The Morgan fingerprint density at radius 1 is 1.36 bits per heavy atom. The van der Waals surface area contributed by atoms with E-state index in [4.69, 9.17) is 5.73 Å². The van der Waals surface area contributed by atoms with Gasteiger partial charge in [-0.3, -0.25) is 0 Å². The fraction of sp³-hybridized carbons (Fsp3) is 0.545. The molecular formula is C11H19N3. The first kappa shape index (κ1) is 11.0. The van der Waals surface area contributed by atoms with E-state index in [0.29, 0.717) is 0 Å². The van der Waals surface area contributed by atoms with Crippen LogP contribution in [0.5, 0.6) is 0 Å². The number of aromatic nitrogens is 1. The third-order valence-corrected chi connectivity index (χ3v) is 2.69. The molecule has 0 bridgehead atoms. The molecule has 0 saturated heterocycles. The van der Waals surface area contributed by atoms with Crippen molar-refractivity contribution in [3.63, 3.8) is 0 Å². The molecule has 0 aliphatic heterocycles. The van der Waals surface area contributed by atoms with Gasteiger partial charge in [0.1, 0.15) is 5.82 Å². The van der Waals surface area contributed by atoms with Gasteiger partial charge in [0, 0.05) is 18.3 Å². The number of nitrogens with zero attached hydrogens (tertiary/aromatic N) is 1. The zero-order valence-corrected chi connectivity index (χ0v) is 8.96.